The Hall–Kier alpha value is -5.38. The van der Waals surface area contributed by atoms with Gasteiger partial charge in [0.1, 0.15) is 0 Å². The molecule has 1 unspecified atom stereocenters. The van der Waals surface area contributed by atoms with Crippen LogP contribution in [0.25, 0.3) is 87.5 Å². The van der Waals surface area contributed by atoms with Crippen molar-refractivity contribution in [3.05, 3.63) is 144 Å². The van der Waals surface area contributed by atoms with E-state index in [-0.39, 0.29) is 0 Å². The molecule has 0 saturated carbocycles. The molecule has 3 heterocycles. The molecular weight excluding hydrogens is 577 g/mol. The minimum atomic E-state index is 0.539. The van der Waals surface area contributed by atoms with Crippen LogP contribution in [0.5, 0.6) is 0 Å². The summed E-state index contributed by atoms with van der Waals surface area (Å²) < 4.78 is 7.63. The molecule has 0 amide bonds. The van der Waals surface area contributed by atoms with Crippen LogP contribution in [0.4, 0.5) is 0 Å². The van der Waals surface area contributed by atoms with E-state index in [4.69, 9.17) is 0 Å². The molecule has 0 aliphatic heterocycles. The fraction of sp³-hybridized carbons (Fsp3) is 0.0698. The topological polar surface area (TPSA) is 9.86 Å². The lowest BCUT2D eigenvalue weighted by Crippen LogP contribution is -2.31. The van der Waals surface area contributed by atoms with Gasteiger partial charge in [0.2, 0.25) is 0 Å². The molecule has 2 nitrogen and oxygen atoms in total. The Morgan fingerprint density at radius 2 is 1.35 bits per heavy atom. The molecule has 1 aliphatic carbocycles. The van der Waals surface area contributed by atoms with E-state index in [9.17, 15) is 0 Å². The molecule has 0 fully saturated rings. The molecule has 1 aliphatic rings. The number of thiophene rings is 1. The van der Waals surface area contributed by atoms with Gasteiger partial charge in [-0.05, 0) is 60.4 Å². The van der Waals surface area contributed by atoms with Gasteiger partial charge < -0.3 is 9.13 Å². The molecule has 0 radical (unpaired) electrons. The summed E-state index contributed by atoms with van der Waals surface area (Å²) in [5.41, 5.74) is 8.60. The first kappa shape index (κ1) is 25.9. The van der Waals surface area contributed by atoms with Gasteiger partial charge in [-0.15, -0.1) is 11.3 Å². The van der Waals surface area contributed by atoms with Crippen molar-refractivity contribution in [1.82, 2.24) is 9.13 Å². The van der Waals surface area contributed by atoms with Crippen molar-refractivity contribution < 1.29 is 0 Å². The van der Waals surface area contributed by atoms with Crippen molar-refractivity contribution >= 4 is 76.4 Å². The average Bonchev–Trinajstić information content (AvgIpc) is 3.76. The van der Waals surface area contributed by atoms with Crippen molar-refractivity contribution in [2.24, 2.45) is 5.92 Å². The van der Waals surface area contributed by atoms with E-state index >= 15 is 0 Å². The zero-order chi connectivity index (χ0) is 30.4. The third-order valence-corrected chi connectivity index (χ3v) is 11.0. The fourth-order valence-corrected chi connectivity index (χ4v) is 8.94. The Morgan fingerprint density at radius 3 is 2.24 bits per heavy atom. The van der Waals surface area contributed by atoms with E-state index in [0.29, 0.717) is 5.92 Å². The Labute approximate surface area is 270 Å². The summed E-state index contributed by atoms with van der Waals surface area (Å²) in [6.07, 6.45) is 5.94. The molecule has 0 bridgehead atoms. The first-order chi connectivity index (χ1) is 22.7. The summed E-state index contributed by atoms with van der Waals surface area (Å²) in [4.78, 5) is 0. The van der Waals surface area contributed by atoms with Crippen LogP contribution in [0.2, 0.25) is 0 Å². The summed E-state index contributed by atoms with van der Waals surface area (Å²) >= 11 is 1.88. The second-order valence-electron chi connectivity index (χ2n) is 12.6. The lowest BCUT2D eigenvalue weighted by Gasteiger charge is -2.16. The Bertz CT molecular complexity index is 2810. The van der Waals surface area contributed by atoms with E-state index in [0.717, 1.165) is 6.42 Å². The van der Waals surface area contributed by atoms with Gasteiger partial charge in [0.15, 0.2) is 0 Å². The van der Waals surface area contributed by atoms with Gasteiger partial charge in [-0.25, -0.2) is 0 Å². The van der Waals surface area contributed by atoms with Gasteiger partial charge in [-0.2, -0.15) is 0 Å². The van der Waals surface area contributed by atoms with Crippen LogP contribution < -0.4 is 10.6 Å². The van der Waals surface area contributed by atoms with E-state index in [2.05, 4.69) is 162 Å². The predicted molar refractivity (Wildman–Crippen MR) is 198 cm³/mol. The summed E-state index contributed by atoms with van der Waals surface area (Å²) in [7, 11) is 0. The van der Waals surface area contributed by atoms with Gasteiger partial charge >= 0.3 is 0 Å². The van der Waals surface area contributed by atoms with Crippen molar-refractivity contribution in [2.75, 3.05) is 0 Å². The lowest BCUT2D eigenvalue weighted by atomic mass is 10.0. The number of para-hydroxylation sites is 3. The molecule has 218 valence electrons. The summed E-state index contributed by atoms with van der Waals surface area (Å²) in [5.74, 6) is 0.539. The molecule has 46 heavy (non-hydrogen) atoms. The Kier molecular flexibility index (Phi) is 5.52. The predicted octanol–water partition coefficient (Wildman–Crippen LogP) is 10.4. The zero-order valence-electron chi connectivity index (χ0n) is 25.4. The first-order valence-corrected chi connectivity index (χ1v) is 16.9. The minimum absolute atomic E-state index is 0.539. The van der Waals surface area contributed by atoms with Crippen LogP contribution in [0, 0.1) is 5.92 Å². The van der Waals surface area contributed by atoms with Gasteiger partial charge in [0.05, 0.1) is 22.2 Å². The van der Waals surface area contributed by atoms with E-state index in [1.807, 2.05) is 11.3 Å². The third-order valence-electron chi connectivity index (χ3n) is 9.82. The number of rotatable bonds is 3. The van der Waals surface area contributed by atoms with E-state index in [1.165, 1.54) is 86.0 Å². The lowest BCUT2D eigenvalue weighted by molar-refractivity contribution is 0.795. The maximum atomic E-state index is 2.50. The standard InChI is InChI=1S/C43H30N2S/c1-27-21-23-39-35(25-27)32-15-4-8-19-38(32)45(39)36-17-6-2-13-30(36)28-11-10-12-29(26-28)44-37-18-7-3-14-31(37)33-22-24-41-42(43(33)44)34-16-5-9-20-40(34)46-41/h2-20,22-27H,21H2,1H3. The Balaban J connectivity index is 1.26. The number of benzene rings is 6. The molecule has 10 rings (SSSR count). The summed E-state index contributed by atoms with van der Waals surface area (Å²) in [6.45, 7) is 2.31. The monoisotopic (exact) mass is 606 g/mol. The van der Waals surface area contributed by atoms with Crippen LogP contribution in [0.3, 0.4) is 0 Å². The van der Waals surface area contributed by atoms with Gasteiger partial charge in [-0.3, -0.25) is 0 Å². The zero-order valence-corrected chi connectivity index (χ0v) is 26.3. The summed E-state index contributed by atoms with van der Waals surface area (Å²) in [6, 6.07) is 49.2. The molecule has 9 aromatic rings. The normalized spacial score (nSPS) is 14.7. The van der Waals surface area contributed by atoms with Crippen LogP contribution >= 0.6 is 11.3 Å². The molecule has 0 spiro atoms. The van der Waals surface area contributed by atoms with Crippen LogP contribution in [0.1, 0.15) is 13.3 Å². The molecule has 0 N–H and O–H groups in total. The number of hydrogen-bond acceptors (Lipinski definition) is 1. The van der Waals surface area contributed by atoms with Crippen LogP contribution in [0.15, 0.2) is 133 Å². The van der Waals surface area contributed by atoms with Gasteiger partial charge in [0.25, 0.3) is 0 Å². The summed E-state index contributed by atoms with van der Waals surface area (Å²) in [5, 5.41) is 9.22. The number of nitrogens with zero attached hydrogens (tertiary/aromatic N) is 2. The van der Waals surface area contributed by atoms with Crippen molar-refractivity contribution in [3.63, 3.8) is 0 Å². The van der Waals surface area contributed by atoms with Crippen LogP contribution in [-0.2, 0) is 0 Å². The largest absolute Gasteiger partial charge is 0.309 e. The first-order valence-electron chi connectivity index (χ1n) is 16.1. The van der Waals surface area contributed by atoms with Crippen LogP contribution in [-0.4, -0.2) is 9.13 Å². The third kappa shape index (κ3) is 3.64. The Morgan fingerprint density at radius 1 is 0.609 bits per heavy atom. The molecule has 6 aromatic carbocycles. The molecular formula is C43H30N2S. The highest BCUT2D eigenvalue weighted by molar-refractivity contribution is 7.26. The molecule has 0 saturated heterocycles. The second-order valence-corrected chi connectivity index (χ2v) is 13.7. The van der Waals surface area contributed by atoms with E-state index < -0.39 is 0 Å². The minimum Gasteiger partial charge on any atom is -0.309 e. The highest BCUT2D eigenvalue weighted by Gasteiger charge is 2.20. The molecule has 3 heteroatoms. The number of hydrogen-bond donors (Lipinski definition) is 0. The maximum Gasteiger partial charge on any atom is 0.0634 e. The quantitative estimate of drug-likeness (QED) is 0.189. The smallest absolute Gasteiger partial charge is 0.0634 e. The van der Waals surface area contributed by atoms with Crippen molar-refractivity contribution in [1.29, 1.82) is 0 Å². The van der Waals surface area contributed by atoms with Crippen molar-refractivity contribution in [3.8, 4) is 22.5 Å². The van der Waals surface area contributed by atoms with E-state index in [1.54, 1.807) is 0 Å². The van der Waals surface area contributed by atoms with Gasteiger partial charge in [0, 0.05) is 58.1 Å². The fourth-order valence-electron chi connectivity index (χ4n) is 7.83. The highest BCUT2D eigenvalue weighted by Crippen LogP contribution is 2.43. The number of fused-ring (bicyclic) bond motifs is 10. The second kappa shape index (κ2) is 9.81. The maximum absolute atomic E-state index is 2.50. The SMILES string of the molecule is CC1C=c2c(n(-c3ccccc3-c3cccc(-n4c5ccccc5c5ccc6sc7ccccc7c6c54)c3)c3ccccc23)=CC1. The average molecular weight is 607 g/mol. The molecule has 3 aromatic heterocycles. The van der Waals surface area contributed by atoms with Gasteiger partial charge in [-0.1, -0.05) is 110 Å². The highest BCUT2D eigenvalue weighted by atomic mass is 32.1. The number of aromatic nitrogens is 2. The van der Waals surface area contributed by atoms with Crippen molar-refractivity contribution in [2.45, 2.75) is 13.3 Å². The molecule has 1 atom stereocenters.